The standard InChI is InChI=1S/C16H20ClFN2OS/c17-13-10-12(4-5-14(13)18)16-20(15(21)11-22-16)9-3-8-19-6-1-2-7-19/h4-5,10,16H,1-3,6-9,11H2. The van der Waals surface area contributed by atoms with Gasteiger partial charge in [0.1, 0.15) is 11.2 Å². The molecule has 0 saturated carbocycles. The van der Waals surface area contributed by atoms with Crippen LogP contribution in [0, 0.1) is 5.82 Å². The Balaban J connectivity index is 1.62. The SMILES string of the molecule is O=C1CSC(c2ccc(F)c(Cl)c2)N1CCCN1CCCC1. The van der Waals surface area contributed by atoms with Crippen molar-refractivity contribution in [3.05, 3.63) is 34.6 Å². The molecule has 1 amide bonds. The van der Waals surface area contributed by atoms with Crippen molar-refractivity contribution < 1.29 is 9.18 Å². The summed E-state index contributed by atoms with van der Waals surface area (Å²) in [7, 11) is 0. The van der Waals surface area contributed by atoms with Gasteiger partial charge in [-0.2, -0.15) is 0 Å². The summed E-state index contributed by atoms with van der Waals surface area (Å²) in [6, 6.07) is 4.75. The number of carbonyl (C=O) groups is 1. The minimum Gasteiger partial charge on any atom is -0.326 e. The predicted octanol–water partition coefficient (Wildman–Crippen LogP) is 3.54. The van der Waals surface area contributed by atoms with Crippen molar-refractivity contribution in [1.82, 2.24) is 9.80 Å². The number of halogens is 2. The fraction of sp³-hybridized carbons (Fsp3) is 0.562. The number of nitrogens with zero attached hydrogens (tertiary/aromatic N) is 2. The molecule has 3 nitrogen and oxygen atoms in total. The second-order valence-corrected chi connectivity index (χ2v) is 7.30. The number of thioether (sulfide) groups is 1. The summed E-state index contributed by atoms with van der Waals surface area (Å²) in [5, 5.41) is 0.0821. The Kier molecular flexibility index (Phi) is 5.26. The second-order valence-electron chi connectivity index (χ2n) is 5.83. The van der Waals surface area contributed by atoms with Gasteiger partial charge in [-0.05, 0) is 56.6 Å². The molecule has 0 aliphatic carbocycles. The van der Waals surface area contributed by atoms with Crippen LogP contribution in [0.25, 0.3) is 0 Å². The summed E-state index contributed by atoms with van der Waals surface area (Å²) in [5.74, 6) is 0.237. The first-order valence-electron chi connectivity index (χ1n) is 7.73. The van der Waals surface area contributed by atoms with Gasteiger partial charge >= 0.3 is 0 Å². The van der Waals surface area contributed by atoms with Crippen LogP contribution in [-0.2, 0) is 4.79 Å². The van der Waals surface area contributed by atoms with E-state index in [9.17, 15) is 9.18 Å². The highest BCUT2D eigenvalue weighted by molar-refractivity contribution is 8.00. The van der Waals surface area contributed by atoms with Crippen molar-refractivity contribution in [2.45, 2.75) is 24.6 Å². The van der Waals surface area contributed by atoms with E-state index in [1.54, 1.807) is 23.9 Å². The molecule has 3 rings (SSSR count). The number of hydrogen-bond donors (Lipinski definition) is 0. The van der Waals surface area contributed by atoms with Crippen LogP contribution in [0.4, 0.5) is 4.39 Å². The van der Waals surface area contributed by atoms with E-state index in [-0.39, 0.29) is 16.3 Å². The molecule has 120 valence electrons. The average Bonchev–Trinajstić information content (AvgIpc) is 3.13. The third-order valence-corrected chi connectivity index (χ3v) is 5.81. The number of carbonyl (C=O) groups excluding carboxylic acids is 1. The molecule has 0 radical (unpaired) electrons. The van der Waals surface area contributed by atoms with E-state index >= 15 is 0 Å². The third-order valence-electron chi connectivity index (χ3n) is 4.27. The van der Waals surface area contributed by atoms with Crippen LogP contribution in [0.1, 0.15) is 30.2 Å². The first kappa shape index (κ1) is 16.1. The Hall–Kier alpha value is -0.780. The maximum absolute atomic E-state index is 13.3. The highest BCUT2D eigenvalue weighted by Gasteiger charge is 2.32. The minimum absolute atomic E-state index is 0.0378. The van der Waals surface area contributed by atoms with Gasteiger partial charge in [-0.1, -0.05) is 17.7 Å². The first-order chi connectivity index (χ1) is 10.6. The normalized spacial score (nSPS) is 22.7. The van der Waals surface area contributed by atoms with Crippen LogP contribution >= 0.6 is 23.4 Å². The lowest BCUT2D eigenvalue weighted by Crippen LogP contribution is -2.32. The zero-order chi connectivity index (χ0) is 15.5. The topological polar surface area (TPSA) is 23.6 Å². The van der Waals surface area contributed by atoms with Crippen molar-refractivity contribution in [2.75, 3.05) is 31.9 Å². The molecule has 1 aromatic rings. The molecule has 1 aromatic carbocycles. The smallest absolute Gasteiger partial charge is 0.233 e. The summed E-state index contributed by atoms with van der Waals surface area (Å²) in [6.45, 7) is 4.16. The van der Waals surface area contributed by atoms with E-state index in [0.29, 0.717) is 5.75 Å². The van der Waals surface area contributed by atoms with Gasteiger partial charge in [-0.15, -0.1) is 11.8 Å². The average molecular weight is 343 g/mol. The Morgan fingerprint density at radius 3 is 2.77 bits per heavy atom. The maximum Gasteiger partial charge on any atom is 0.233 e. The Morgan fingerprint density at radius 2 is 2.05 bits per heavy atom. The molecule has 1 atom stereocenters. The molecule has 2 aliphatic rings. The number of amides is 1. The van der Waals surface area contributed by atoms with E-state index in [0.717, 1.165) is 25.1 Å². The molecule has 2 aliphatic heterocycles. The van der Waals surface area contributed by atoms with Crippen molar-refractivity contribution in [3.8, 4) is 0 Å². The number of hydrogen-bond acceptors (Lipinski definition) is 3. The number of benzene rings is 1. The molecule has 0 aromatic heterocycles. The van der Waals surface area contributed by atoms with Crippen LogP contribution in [0.3, 0.4) is 0 Å². The quantitative estimate of drug-likeness (QED) is 0.817. The minimum atomic E-state index is -0.416. The van der Waals surface area contributed by atoms with Gasteiger partial charge in [0.25, 0.3) is 0 Å². The van der Waals surface area contributed by atoms with Crippen molar-refractivity contribution in [3.63, 3.8) is 0 Å². The van der Waals surface area contributed by atoms with Gasteiger partial charge < -0.3 is 9.80 Å². The van der Waals surface area contributed by atoms with E-state index < -0.39 is 5.82 Å². The summed E-state index contributed by atoms with van der Waals surface area (Å²) in [6.07, 6.45) is 3.56. The molecule has 2 fully saturated rings. The summed E-state index contributed by atoms with van der Waals surface area (Å²) >= 11 is 7.46. The van der Waals surface area contributed by atoms with E-state index in [1.807, 2.05) is 4.90 Å². The van der Waals surface area contributed by atoms with Gasteiger partial charge in [-0.3, -0.25) is 4.79 Å². The van der Waals surface area contributed by atoms with E-state index in [1.165, 1.54) is 32.0 Å². The molecule has 6 heteroatoms. The molecule has 22 heavy (non-hydrogen) atoms. The van der Waals surface area contributed by atoms with Crippen molar-refractivity contribution in [1.29, 1.82) is 0 Å². The van der Waals surface area contributed by atoms with Crippen LogP contribution < -0.4 is 0 Å². The lowest BCUT2D eigenvalue weighted by Gasteiger charge is -2.25. The van der Waals surface area contributed by atoms with Gasteiger partial charge in [0.15, 0.2) is 0 Å². The summed E-state index contributed by atoms with van der Waals surface area (Å²) in [4.78, 5) is 16.5. The van der Waals surface area contributed by atoms with Gasteiger partial charge in [-0.25, -0.2) is 4.39 Å². The van der Waals surface area contributed by atoms with Crippen molar-refractivity contribution in [2.24, 2.45) is 0 Å². The molecule has 2 heterocycles. The molecule has 0 bridgehead atoms. The highest BCUT2D eigenvalue weighted by atomic mass is 35.5. The van der Waals surface area contributed by atoms with E-state index in [2.05, 4.69) is 4.90 Å². The van der Waals surface area contributed by atoms with Crippen LogP contribution in [-0.4, -0.2) is 47.6 Å². The molecule has 2 saturated heterocycles. The van der Waals surface area contributed by atoms with Crippen LogP contribution in [0.2, 0.25) is 5.02 Å². The predicted molar refractivity (Wildman–Crippen MR) is 88.6 cm³/mol. The van der Waals surface area contributed by atoms with Crippen molar-refractivity contribution >= 4 is 29.3 Å². The van der Waals surface area contributed by atoms with Gasteiger partial charge in [0.2, 0.25) is 5.91 Å². The van der Waals surface area contributed by atoms with E-state index in [4.69, 9.17) is 11.6 Å². The molecular formula is C16H20ClFN2OS. The second kappa shape index (κ2) is 7.20. The van der Waals surface area contributed by atoms with Gasteiger partial charge in [0, 0.05) is 6.54 Å². The maximum atomic E-state index is 13.3. The number of rotatable bonds is 5. The summed E-state index contributed by atoms with van der Waals surface area (Å²) in [5.41, 5.74) is 0.906. The molecule has 1 unspecified atom stereocenters. The highest BCUT2D eigenvalue weighted by Crippen LogP contribution is 2.39. The zero-order valence-corrected chi connectivity index (χ0v) is 14.0. The lowest BCUT2D eigenvalue weighted by molar-refractivity contribution is -0.128. The van der Waals surface area contributed by atoms with Crippen LogP contribution in [0.15, 0.2) is 18.2 Å². The Labute approximate surface area is 139 Å². The lowest BCUT2D eigenvalue weighted by atomic mass is 10.2. The zero-order valence-electron chi connectivity index (χ0n) is 12.4. The number of likely N-dealkylation sites (tertiary alicyclic amines) is 1. The molecule has 0 N–H and O–H groups in total. The molecular weight excluding hydrogens is 323 g/mol. The van der Waals surface area contributed by atoms with Gasteiger partial charge in [0.05, 0.1) is 10.8 Å². The fourth-order valence-electron chi connectivity index (χ4n) is 3.11. The Morgan fingerprint density at radius 1 is 1.27 bits per heavy atom. The third kappa shape index (κ3) is 3.58. The first-order valence-corrected chi connectivity index (χ1v) is 9.16. The molecule has 0 spiro atoms. The Bertz CT molecular complexity index is 551. The van der Waals surface area contributed by atoms with Crippen LogP contribution in [0.5, 0.6) is 0 Å². The summed E-state index contributed by atoms with van der Waals surface area (Å²) < 4.78 is 13.3. The monoisotopic (exact) mass is 342 g/mol. The fourth-order valence-corrected chi connectivity index (χ4v) is 4.51. The largest absolute Gasteiger partial charge is 0.326 e.